The molecular weight excluding hydrogens is 192 g/mol. The second-order valence-corrected chi connectivity index (χ2v) is 5.62. The van der Waals surface area contributed by atoms with E-state index in [1.54, 1.807) is 0 Å². The van der Waals surface area contributed by atoms with E-state index in [-0.39, 0.29) is 0 Å². The minimum atomic E-state index is 0.389. The average Bonchev–Trinajstić information content (AvgIpc) is 2.18. The second-order valence-electron chi connectivity index (χ2n) is 4.21. The van der Waals surface area contributed by atoms with Crippen LogP contribution in [-0.4, -0.2) is 41.6 Å². The smallest absolute Gasteiger partial charge is 0.0172 e. The zero-order valence-electron chi connectivity index (χ0n) is 9.54. The van der Waals surface area contributed by atoms with Gasteiger partial charge in [-0.1, -0.05) is 20.3 Å². The van der Waals surface area contributed by atoms with Crippen molar-refractivity contribution in [1.29, 1.82) is 0 Å². The van der Waals surface area contributed by atoms with Crippen LogP contribution >= 0.6 is 11.8 Å². The lowest BCUT2D eigenvalue weighted by Gasteiger charge is -2.33. The summed E-state index contributed by atoms with van der Waals surface area (Å²) < 4.78 is 0. The zero-order chi connectivity index (χ0) is 10.4. The molecule has 0 aromatic carbocycles. The normalized spacial score (nSPS) is 26.4. The zero-order valence-corrected chi connectivity index (χ0v) is 10.4. The molecule has 0 aliphatic carbocycles. The highest BCUT2D eigenvalue weighted by Gasteiger charge is 2.19. The summed E-state index contributed by atoms with van der Waals surface area (Å²) in [6.45, 7) is 8.08. The van der Waals surface area contributed by atoms with Gasteiger partial charge in [-0.2, -0.15) is 11.8 Å². The molecule has 0 aromatic heterocycles. The van der Waals surface area contributed by atoms with Gasteiger partial charge in [0.25, 0.3) is 0 Å². The Labute approximate surface area is 92.6 Å². The van der Waals surface area contributed by atoms with E-state index in [9.17, 15) is 0 Å². The maximum Gasteiger partial charge on any atom is 0.0172 e. The Hall–Kier alpha value is 0.270. The molecule has 0 spiro atoms. The molecule has 14 heavy (non-hydrogen) atoms. The fourth-order valence-electron chi connectivity index (χ4n) is 1.99. The Morgan fingerprint density at radius 2 is 2.29 bits per heavy atom. The predicted octanol–water partition coefficient (Wildman–Crippen LogP) is 1.94. The molecule has 0 amide bonds. The van der Waals surface area contributed by atoms with Crippen LogP contribution in [0, 0.1) is 0 Å². The molecule has 84 valence electrons. The summed E-state index contributed by atoms with van der Waals surface area (Å²) in [4.78, 5) is 2.55. The lowest BCUT2D eigenvalue weighted by molar-refractivity contribution is 0.259. The van der Waals surface area contributed by atoms with Crippen LogP contribution in [0.5, 0.6) is 0 Å². The third-order valence-electron chi connectivity index (χ3n) is 2.83. The Morgan fingerprint density at radius 3 is 2.93 bits per heavy atom. The molecule has 1 aliphatic heterocycles. The van der Waals surface area contributed by atoms with Gasteiger partial charge in [-0.25, -0.2) is 0 Å². The van der Waals surface area contributed by atoms with Crippen LogP contribution in [0.2, 0.25) is 0 Å². The first-order chi connectivity index (χ1) is 6.76. The molecule has 1 saturated heterocycles. The Morgan fingerprint density at radius 1 is 1.50 bits per heavy atom. The number of hydrogen-bond acceptors (Lipinski definition) is 3. The summed E-state index contributed by atoms with van der Waals surface area (Å²) in [5.74, 6) is 1.29. The van der Waals surface area contributed by atoms with Gasteiger partial charge in [-0.3, -0.25) is 4.90 Å². The number of thioether (sulfide) groups is 1. The van der Waals surface area contributed by atoms with Crippen LogP contribution in [0.1, 0.15) is 33.1 Å². The van der Waals surface area contributed by atoms with Gasteiger partial charge in [0.1, 0.15) is 0 Å². The molecule has 2 N–H and O–H groups in total. The molecule has 0 saturated carbocycles. The summed E-state index contributed by atoms with van der Waals surface area (Å²) >= 11 is 2.12. The van der Waals surface area contributed by atoms with Crippen LogP contribution < -0.4 is 5.73 Å². The highest BCUT2D eigenvalue weighted by atomic mass is 32.2. The first-order valence-electron chi connectivity index (χ1n) is 5.85. The predicted molar refractivity (Wildman–Crippen MR) is 65.9 cm³/mol. The van der Waals surface area contributed by atoms with E-state index in [0.29, 0.717) is 6.04 Å². The molecule has 0 radical (unpaired) electrons. The topological polar surface area (TPSA) is 29.3 Å². The van der Waals surface area contributed by atoms with Gasteiger partial charge in [0.05, 0.1) is 0 Å². The maximum absolute atomic E-state index is 6.05. The van der Waals surface area contributed by atoms with Crippen LogP contribution in [0.25, 0.3) is 0 Å². The fourth-order valence-corrected chi connectivity index (χ4v) is 3.24. The van der Waals surface area contributed by atoms with E-state index in [1.807, 2.05) is 0 Å². The maximum atomic E-state index is 6.05. The van der Waals surface area contributed by atoms with Crippen molar-refractivity contribution < 1.29 is 0 Å². The number of nitrogens with zero attached hydrogens (tertiary/aromatic N) is 1. The lowest BCUT2D eigenvalue weighted by atomic mass is 10.1. The van der Waals surface area contributed by atoms with Gasteiger partial charge in [0, 0.05) is 36.7 Å². The van der Waals surface area contributed by atoms with Crippen LogP contribution in [0.4, 0.5) is 0 Å². The number of hydrogen-bond donors (Lipinski definition) is 1. The molecule has 1 fully saturated rings. The molecule has 2 atom stereocenters. The third kappa shape index (κ3) is 4.20. The highest BCUT2D eigenvalue weighted by molar-refractivity contribution is 8.00. The van der Waals surface area contributed by atoms with Gasteiger partial charge in [-0.15, -0.1) is 0 Å². The summed E-state index contributed by atoms with van der Waals surface area (Å²) in [7, 11) is 0. The van der Waals surface area contributed by atoms with Crippen molar-refractivity contribution in [2.75, 3.05) is 25.4 Å². The van der Waals surface area contributed by atoms with Gasteiger partial charge in [0.2, 0.25) is 0 Å². The van der Waals surface area contributed by atoms with Crippen molar-refractivity contribution in [1.82, 2.24) is 4.90 Å². The summed E-state index contributed by atoms with van der Waals surface area (Å²) in [6.07, 6.45) is 3.67. The van der Waals surface area contributed by atoms with E-state index in [0.717, 1.165) is 11.8 Å². The summed E-state index contributed by atoms with van der Waals surface area (Å²) in [5.41, 5.74) is 6.05. The number of rotatable bonds is 5. The Balaban J connectivity index is 2.22. The van der Waals surface area contributed by atoms with Crippen LogP contribution in [-0.2, 0) is 0 Å². The SMILES string of the molecule is CCCC(N)CN1CCSC(CC)C1. The molecule has 1 aliphatic rings. The fraction of sp³-hybridized carbons (Fsp3) is 1.00. The van der Waals surface area contributed by atoms with E-state index in [1.165, 1.54) is 38.1 Å². The first kappa shape index (κ1) is 12.3. The minimum absolute atomic E-state index is 0.389. The minimum Gasteiger partial charge on any atom is -0.327 e. The van der Waals surface area contributed by atoms with E-state index in [2.05, 4.69) is 30.5 Å². The van der Waals surface area contributed by atoms with Crippen molar-refractivity contribution in [2.45, 2.75) is 44.4 Å². The average molecular weight is 216 g/mol. The molecule has 0 aromatic rings. The van der Waals surface area contributed by atoms with Crippen LogP contribution in [0.15, 0.2) is 0 Å². The standard InChI is InChI=1S/C11H24N2S/c1-3-5-10(12)8-13-6-7-14-11(4-2)9-13/h10-11H,3-9,12H2,1-2H3. The highest BCUT2D eigenvalue weighted by Crippen LogP contribution is 2.21. The lowest BCUT2D eigenvalue weighted by Crippen LogP contribution is -2.44. The van der Waals surface area contributed by atoms with E-state index in [4.69, 9.17) is 5.73 Å². The third-order valence-corrected chi connectivity index (χ3v) is 4.20. The van der Waals surface area contributed by atoms with Gasteiger partial charge >= 0.3 is 0 Å². The van der Waals surface area contributed by atoms with Gasteiger partial charge in [0.15, 0.2) is 0 Å². The quantitative estimate of drug-likeness (QED) is 0.761. The Kier molecular flexibility index (Phi) is 5.90. The second kappa shape index (κ2) is 6.70. The summed E-state index contributed by atoms with van der Waals surface area (Å²) in [6, 6.07) is 0.389. The monoisotopic (exact) mass is 216 g/mol. The van der Waals surface area contributed by atoms with Gasteiger partial charge < -0.3 is 5.73 Å². The number of nitrogens with two attached hydrogens (primary N) is 1. The van der Waals surface area contributed by atoms with Gasteiger partial charge in [-0.05, 0) is 12.8 Å². The van der Waals surface area contributed by atoms with Crippen molar-refractivity contribution in [3.05, 3.63) is 0 Å². The molecule has 2 nitrogen and oxygen atoms in total. The van der Waals surface area contributed by atoms with E-state index < -0.39 is 0 Å². The van der Waals surface area contributed by atoms with Crippen LogP contribution in [0.3, 0.4) is 0 Å². The van der Waals surface area contributed by atoms with E-state index >= 15 is 0 Å². The Bertz CT molecular complexity index is 152. The molecule has 2 unspecified atom stereocenters. The van der Waals surface area contributed by atoms with Crippen molar-refractivity contribution >= 4 is 11.8 Å². The molecular formula is C11H24N2S. The van der Waals surface area contributed by atoms with Crippen molar-refractivity contribution in [3.8, 4) is 0 Å². The van der Waals surface area contributed by atoms with Crippen molar-refractivity contribution in [3.63, 3.8) is 0 Å². The van der Waals surface area contributed by atoms with Crippen molar-refractivity contribution in [2.24, 2.45) is 5.73 Å². The molecule has 0 bridgehead atoms. The molecule has 1 rings (SSSR count). The largest absolute Gasteiger partial charge is 0.327 e. The summed E-state index contributed by atoms with van der Waals surface area (Å²) in [5, 5.41) is 0.845. The first-order valence-corrected chi connectivity index (χ1v) is 6.90. The molecule has 1 heterocycles. The molecule has 3 heteroatoms.